The molecule has 2 unspecified atom stereocenters. The molecule has 2 heterocycles. The third kappa shape index (κ3) is 2.37. The Morgan fingerprint density at radius 2 is 2.17 bits per heavy atom. The van der Waals surface area contributed by atoms with Gasteiger partial charge in [-0.05, 0) is 20.8 Å². The first-order valence-corrected chi connectivity index (χ1v) is 7.94. The van der Waals surface area contributed by atoms with Gasteiger partial charge in [-0.15, -0.1) is 0 Å². The molecule has 1 aromatic rings. The topological polar surface area (TPSA) is 85.5 Å². The third-order valence-electron chi connectivity index (χ3n) is 2.86. The van der Waals surface area contributed by atoms with E-state index >= 15 is 0 Å². The number of anilines is 1. The van der Waals surface area contributed by atoms with Crippen molar-refractivity contribution in [2.45, 2.75) is 37.1 Å². The first-order chi connectivity index (χ1) is 8.32. The number of rotatable bonds is 2. The summed E-state index contributed by atoms with van der Waals surface area (Å²) < 4.78 is 32.3. The van der Waals surface area contributed by atoms with Gasteiger partial charge in [0.25, 0.3) is 10.0 Å². The molecule has 0 bridgehead atoms. The summed E-state index contributed by atoms with van der Waals surface area (Å²) in [5.41, 5.74) is 6.03. The van der Waals surface area contributed by atoms with Crippen molar-refractivity contribution in [1.29, 1.82) is 0 Å². The van der Waals surface area contributed by atoms with E-state index in [1.807, 2.05) is 13.8 Å². The molecule has 1 saturated heterocycles. The summed E-state index contributed by atoms with van der Waals surface area (Å²) in [6.07, 6.45) is -0.0958. The largest absolute Gasteiger partial charge is 0.375 e. The molecule has 0 spiro atoms. The Bertz CT molecular complexity index is 541. The first kappa shape index (κ1) is 13.7. The summed E-state index contributed by atoms with van der Waals surface area (Å²) in [4.78, 5) is 3.98. The van der Waals surface area contributed by atoms with Crippen molar-refractivity contribution in [3.63, 3.8) is 0 Å². The van der Waals surface area contributed by atoms with Crippen molar-refractivity contribution in [3.8, 4) is 0 Å². The lowest BCUT2D eigenvalue weighted by Crippen LogP contribution is -2.49. The van der Waals surface area contributed by atoms with Crippen LogP contribution in [0.3, 0.4) is 0 Å². The van der Waals surface area contributed by atoms with Gasteiger partial charge in [0.2, 0.25) is 0 Å². The maximum atomic E-state index is 12.6. The maximum Gasteiger partial charge on any atom is 0.254 e. The molecule has 2 atom stereocenters. The average molecular weight is 291 g/mol. The van der Waals surface area contributed by atoms with Crippen molar-refractivity contribution in [2.75, 3.05) is 18.9 Å². The molecular formula is C10H17N3O3S2. The lowest BCUT2D eigenvalue weighted by atomic mass is 10.2. The number of nitrogens with zero attached hydrogens (tertiary/aromatic N) is 2. The number of hydrogen-bond acceptors (Lipinski definition) is 6. The van der Waals surface area contributed by atoms with Crippen LogP contribution in [0.15, 0.2) is 4.21 Å². The van der Waals surface area contributed by atoms with Gasteiger partial charge < -0.3 is 10.5 Å². The summed E-state index contributed by atoms with van der Waals surface area (Å²) in [5, 5.41) is 0.278. The number of sulfonamides is 1. The summed E-state index contributed by atoms with van der Waals surface area (Å²) in [5.74, 6) is 0. The fourth-order valence-electron chi connectivity index (χ4n) is 1.96. The Hall–Kier alpha value is -0.700. The van der Waals surface area contributed by atoms with E-state index in [2.05, 4.69) is 4.98 Å². The molecule has 6 nitrogen and oxygen atoms in total. The maximum absolute atomic E-state index is 12.6. The number of morpholine rings is 1. The molecule has 0 amide bonds. The highest BCUT2D eigenvalue weighted by atomic mass is 32.2. The molecule has 8 heteroatoms. The number of nitrogens with two attached hydrogens (primary N) is 1. The van der Waals surface area contributed by atoms with Crippen molar-refractivity contribution in [1.82, 2.24) is 9.29 Å². The molecule has 1 fully saturated rings. The smallest absolute Gasteiger partial charge is 0.254 e. The quantitative estimate of drug-likeness (QED) is 0.872. The van der Waals surface area contributed by atoms with Gasteiger partial charge in [-0.2, -0.15) is 4.31 Å². The van der Waals surface area contributed by atoms with Crippen LogP contribution in [0, 0.1) is 6.92 Å². The highest BCUT2D eigenvalue weighted by Gasteiger charge is 2.36. The number of hydrogen-bond donors (Lipinski definition) is 1. The van der Waals surface area contributed by atoms with Gasteiger partial charge in [0.15, 0.2) is 9.34 Å². The molecule has 2 rings (SSSR count). The number of ether oxygens (including phenoxy) is 1. The second kappa shape index (κ2) is 4.76. The van der Waals surface area contributed by atoms with Crippen LogP contribution >= 0.6 is 11.3 Å². The molecular weight excluding hydrogens is 274 g/mol. The molecule has 0 radical (unpaired) electrons. The van der Waals surface area contributed by atoms with Crippen molar-refractivity contribution in [2.24, 2.45) is 0 Å². The molecule has 1 aromatic heterocycles. The fourth-order valence-corrected chi connectivity index (χ4v) is 5.06. The van der Waals surface area contributed by atoms with Gasteiger partial charge in [0, 0.05) is 12.6 Å². The van der Waals surface area contributed by atoms with Gasteiger partial charge in [-0.1, -0.05) is 11.3 Å². The number of aryl methyl sites for hydroxylation is 1. The second-order valence-electron chi connectivity index (χ2n) is 4.49. The summed E-state index contributed by atoms with van der Waals surface area (Å²) in [6.45, 7) is 6.13. The lowest BCUT2D eigenvalue weighted by Gasteiger charge is -2.35. The summed E-state index contributed by atoms with van der Waals surface area (Å²) in [7, 11) is -3.52. The van der Waals surface area contributed by atoms with Crippen LogP contribution in [0.2, 0.25) is 0 Å². The van der Waals surface area contributed by atoms with Gasteiger partial charge >= 0.3 is 0 Å². The molecule has 0 aliphatic carbocycles. The SMILES string of the molecule is Cc1nc(N)sc1S(=O)(=O)N1CC(C)OCC1C. The molecule has 0 saturated carbocycles. The van der Waals surface area contributed by atoms with E-state index in [0.29, 0.717) is 18.8 Å². The normalized spacial score (nSPS) is 26.4. The van der Waals surface area contributed by atoms with Crippen molar-refractivity contribution in [3.05, 3.63) is 5.69 Å². The van der Waals surface area contributed by atoms with Gasteiger partial charge in [0.05, 0.1) is 18.4 Å². The van der Waals surface area contributed by atoms with Crippen molar-refractivity contribution >= 4 is 26.5 Å². The number of aromatic nitrogens is 1. The minimum absolute atomic E-state index is 0.0958. The van der Waals surface area contributed by atoms with Crippen molar-refractivity contribution < 1.29 is 13.2 Å². The third-order valence-corrected chi connectivity index (χ3v) is 6.42. The zero-order valence-electron chi connectivity index (χ0n) is 10.6. The number of thiazole rings is 1. The van der Waals surface area contributed by atoms with E-state index in [4.69, 9.17) is 10.5 Å². The predicted molar refractivity (Wildman–Crippen MR) is 70.0 cm³/mol. The zero-order valence-corrected chi connectivity index (χ0v) is 12.2. The monoisotopic (exact) mass is 291 g/mol. The van der Waals surface area contributed by atoms with Crippen LogP contribution < -0.4 is 5.73 Å². The van der Waals surface area contributed by atoms with E-state index in [1.165, 1.54) is 4.31 Å². The van der Waals surface area contributed by atoms with E-state index in [1.54, 1.807) is 6.92 Å². The first-order valence-electron chi connectivity index (χ1n) is 5.68. The van der Waals surface area contributed by atoms with Gasteiger partial charge in [0.1, 0.15) is 0 Å². The predicted octanol–water partition coefficient (Wildman–Crippen LogP) is 0.832. The highest BCUT2D eigenvalue weighted by Crippen LogP contribution is 2.30. The van der Waals surface area contributed by atoms with E-state index < -0.39 is 10.0 Å². The number of nitrogen functional groups attached to an aromatic ring is 1. The Labute approximate surface area is 111 Å². The Kier molecular flexibility index (Phi) is 3.63. The molecule has 0 aromatic carbocycles. The Balaban J connectivity index is 2.38. The van der Waals surface area contributed by atoms with E-state index in [9.17, 15) is 8.42 Å². The van der Waals surface area contributed by atoms with Crippen LogP contribution in [-0.2, 0) is 14.8 Å². The molecule has 102 valence electrons. The fraction of sp³-hybridized carbons (Fsp3) is 0.700. The lowest BCUT2D eigenvalue weighted by molar-refractivity contribution is -0.0170. The zero-order chi connectivity index (χ0) is 13.5. The van der Waals surface area contributed by atoms with Crippen LogP contribution in [0.25, 0.3) is 0 Å². The van der Waals surface area contributed by atoms with Crippen LogP contribution in [0.1, 0.15) is 19.5 Å². The van der Waals surface area contributed by atoms with E-state index in [-0.39, 0.29) is 21.5 Å². The highest BCUT2D eigenvalue weighted by molar-refractivity contribution is 7.91. The van der Waals surface area contributed by atoms with Gasteiger partial charge in [-0.3, -0.25) is 0 Å². The average Bonchev–Trinajstić information content (AvgIpc) is 2.62. The summed E-state index contributed by atoms with van der Waals surface area (Å²) >= 11 is 1.01. The van der Waals surface area contributed by atoms with Crippen LogP contribution in [-0.4, -0.2) is 43.0 Å². The minimum atomic E-state index is -3.52. The molecule has 1 aliphatic heterocycles. The Morgan fingerprint density at radius 1 is 1.50 bits per heavy atom. The van der Waals surface area contributed by atoms with Crippen LogP contribution in [0.4, 0.5) is 5.13 Å². The molecule has 2 N–H and O–H groups in total. The van der Waals surface area contributed by atoms with Crippen LogP contribution in [0.5, 0.6) is 0 Å². The Morgan fingerprint density at radius 3 is 2.72 bits per heavy atom. The van der Waals surface area contributed by atoms with Gasteiger partial charge in [-0.25, -0.2) is 13.4 Å². The molecule has 18 heavy (non-hydrogen) atoms. The standard InChI is InChI=1S/C10H17N3O3S2/c1-6-5-16-7(2)4-13(6)18(14,15)9-8(3)12-10(11)17-9/h6-7H,4-5H2,1-3H3,(H2,11,12). The minimum Gasteiger partial charge on any atom is -0.375 e. The van der Waals surface area contributed by atoms with E-state index in [0.717, 1.165) is 11.3 Å². The molecule has 1 aliphatic rings. The summed E-state index contributed by atoms with van der Waals surface area (Å²) in [6, 6.07) is -0.172. The second-order valence-corrected chi connectivity index (χ2v) is 7.61.